The lowest BCUT2D eigenvalue weighted by atomic mass is 10.1. The zero-order valence-electron chi connectivity index (χ0n) is 13.0. The van der Waals surface area contributed by atoms with Gasteiger partial charge in [-0.2, -0.15) is 0 Å². The van der Waals surface area contributed by atoms with Crippen LogP contribution < -0.4 is 5.32 Å². The van der Waals surface area contributed by atoms with Gasteiger partial charge >= 0.3 is 0 Å². The topological polar surface area (TPSA) is 59.3 Å². The van der Waals surface area contributed by atoms with Crippen molar-refractivity contribution in [2.24, 2.45) is 0 Å². The summed E-state index contributed by atoms with van der Waals surface area (Å²) in [6.45, 7) is 6.52. The molecule has 2 unspecified atom stereocenters. The summed E-state index contributed by atoms with van der Waals surface area (Å²) < 4.78 is 29.8. The first-order valence-electron chi connectivity index (χ1n) is 7.26. The van der Waals surface area contributed by atoms with E-state index >= 15 is 0 Å². The van der Waals surface area contributed by atoms with Crippen LogP contribution in [0, 0.1) is 6.92 Å². The van der Waals surface area contributed by atoms with Crippen LogP contribution in [0.1, 0.15) is 37.6 Å². The zero-order chi connectivity index (χ0) is 15.6. The molecule has 0 aliphatic carbocycles. The Kier molecular flexibility index (Phi) is 4.74. The fraction of sp³-hybridized carbons (Fsp3) is 0.500. The third-order valence-corrected chi connectivity index (χ3v) is 5.45. The highest BCUT2D eigenvalue weighted by molar-refractivity contribution is 7.91. The Labute approximate surface area is 126 Å². The van der Waals surface area contributed by atoms with Crippen LogP contribution in [0.4, 0.5) is 0 Å². The van der Waals surface area contributed by atoms with Crippen molar-refractivity contribution in [3.05, 3.63) is 35.6 Å². The fourth-order valence-corrected chi connectivity index (χ4v) is 3.15. The van der Waals surface area contributed by atoms with E-state index in [1.807, 2.05) is 31.2 Å². The third kappa shape index (κ3) is 3.47. The van der Waals surface area contributed by atoms with Gasteiger partial charge in [0.2, 0.25) is 0 Å². The van der Waals surface area contributed by atoms with E-state index in [0.717, 1.165) is 29.5 Å². The highest BCUT2D eigenvalue weighted by Gasteiger charge is 2.29. The van der Waals surface area contributed by atoms with E-state index in [-0.39, 0.29) is 6.04 Å². The first-order valence-corrected chi connectivity index (χ1v) is 9.21. The predicted molar refractivity (Wildman–Crippen MR) is 86.3 cm³/mol. The van der Waals surface area contributed by atoms with Crippen LogP contribution >= 0.6 is 0 Å². The number of benzene rings is 1. The number of hydrogen-bond donors (Lipinski definition) is 1. The van der Waals surface area contributed by atoms with Crippen LogP contribution in [0.15, 0.2) is 28.7 Å². The molecule has 0 bridgehead atoms. The maximum absolute atomic E-state index is 11.9. The highest BCUT2D eigenvalue weighted by atomic mass is 32.2. The molecule has 1 aromatic heterocycles. The first-order chi connectivity index (χ1) is 9.84. The van der Waals surface area contributed by atoms with Gasteiger partial charge in [-0.25, -0.2) is 8.42 Å². The van der Waals surface area contributed by atoms with Crippen LogP contribution in [0.3, 0.4) is 0 Å². The van der Waals surface area contributed by atoms with Crippen molar-refractivity contribution >= 4 is 20.8 Å². The molecule has 116 valence electrons. The van der Waals surface area contributed by atoms with Gasteiger partial charge in [-0.3, -0.25) is 0 Å². The second-order valence-corrected chi connectivity index (χ2v) is 8.01. The van der Waals surface area contributed by atoms with E-state index in [1.165, 1.54) is 6.26 Å². The largest absolute Gasteiger partial charge is 0.459 e. The lowest BCUT2D eigenvalue weighted by Crippen LogP contribution is -2.35. The van der Waals surface area contributed by atoms with Crippen molar-refractivity contribution < 1.29 is 12.8 Å². The van der Waals surface area contributed by atoms with Gasteiger partial charge in [0.15, 0.2) is 9.84 Å². The smallest absolute Gasteiger partial charge is 0.152 e. The van der Waals surface area contributed by atoms with Crippen molar-refractivity contribution in [3.8, 4) is 0 Å². The highest BCUT2D eigenvalue weighted by Crippen LogP contribution is 2.29. The Hall–Kier alpha value is -1.33. The Bertz CT molecular complexity index is 718. The van der Waals surface area contributed by atoms with E-state index in [4.69, 9.17) is 4.42 Å². The summed E-state index contributed by atoms with van der Waals surface area (Å²) in [6, 6.07) is 7.57. The number of sulfone groups is 1. The van der Waals surface area contributed by atoms with Crippen LogP contribution in [0.2, 0.25) is 0 Å². The van der Waals surface area contributed by atoms with Gasteiger partial charge in [-0.15, -0.1) is 0 Å². The van der Waals surface area contributed by atoms with Crippen LogP contribution in [0.25, 0.3) is 11.0 Å². The molecule has 2 aromatic rings. The molecular weight excluding hydrogens is 286 g/mol. The molecule has 5 heteroatoms. The second kappa shape index (κ2) is 6.20. The summed E-state index contributed by atoms with van der Waals surface area (Å²) >= 11 is 0. The molecule has 0 fully saturated rings. The summed E-state index contributed by atoms with van der Waals surface area (Å²) in [5.74, 6) is 0.686. The molecule has 0 aliphatic rings. The van der Waals surface area contributed by atoms with Crippen molar-refractivity contribution in [1.82, 2.24) is 5.32 Å². The molecule has 0 saturated heterocycles. The number of furan rings is 1. The molecule has 21 heavy (non-hydrogen) atoms. The van der Waals surface area contributed by atoms with E-state index in [9.17, 15) is 8.42 Å². The van der Waals surface area contributed by atoms with Crippen LogP contribution in [-0.2, 0) is 9.84 Å². The molecule has 0 aliphatic heterocycles. The number of rotatable bonds is 6. The van der Waals surface area contributed by atoms with Gasteiger partial charge in [0.25, 0.3) is 0 Å². The van der Waals surface area contributed by atoms with Crippen molar-refractivity contribution in [2.45, 2.75) is 38.5 Å². The minimum Gasteiger partial charge on any atom is -0.459 e. The lowest BCUT2D eigenvalue weighted by Gasteiger charge is -2.21. The average molecular weight is 309 g/mol. The standard InChI is InChI=1S/C16H23NO3S/c1-5-9-17-15(12(3)21(4,18)19)14-10-13-8-6-7-11(2)16(13)20-14/h6-8,10,12,15,17H,5,9H2,1-4H3. The number of nitrogens with one attached hydrogen (secondary N) is 1. The van der Waals surface area contributed by atoms with Gasteiger partial charge < -0.3 is 9.73 Å². The molecule has 1 heterocycles. The summed E-state index contributed by atoms with van der Waals surface area (Å²) in [6.07, 6.45) is 2.21. The molecule has 0 radical (unpaired) electrons. The molecule has 0 spiro atoms. The molecule has 0 amide bonds. The Morgan fingerprint density at radius 3 is 2.62 bits per heavy atom. The quantitative estimate of drug-likeness (QED) is 0.890. The number of aryl methyl sites for hydroxylation is 1. The van der Waals surface area contributed by atoms with Gasteiger partial charge in [0.05, 0.1) is 11.3 Å². The Morgan fingerprint density at radius 1 is 1.33 bits per heavy atom. The van der Waals surface area contributed by atoms with E-state index in [2.05, 4.69) is 12.2 Å². The van der Waals surface area contributed by atoms with Gasteiger partial charge in [-0.05, 0) is 38.4 Å². The number of fused-ring (bicyclic) bond motifs is 1. The molecule has 2 atom stereocenters. The number of para-hydroxylation sites is 1. The minimum absolute atomic E-state index is 0.327. The Morgan fingerprint density at radius 2 is 2.05 bits per heavy atom. The van der Waals surface area contributed by atoms with Crippen molar-refractivity contribution in [3.63, 3.8) is 0 Å². The van der Waals surface area contributed by atoms with Gasteiger partial charge in [0.1, 0.15) is 11.3 Å². The maximum atomic E-state index is 11.9. The normalized spacial score (nSPS) is 15.2. The van der Waals surface area contributed by atoms with Crippen LogP contribution in [-0.4, -0.2) is 26.5 Å². The van der Waals surface area contributed by atoms with Gasteiger partial charge in [0, 0.05) is 11.6 Å². The molecule has 0 saturated carbocycles. The van der Waals surface area contributed by atoms with E-state index < -0.39 is 15.1 Å². The number of hydrogen-bond acceptors (Lipinski definition) is 4. The summed E-state index contributed by atoms with van der Waals surface area (Å²) in [5.41, 5.74) is 1.89. The van der Waals surface area contributed by atoms with Gasteiger partial charge in [-0.1, -0.05) is 25.1 Å². The SMILES string of the molecule is CCCNC(c1cc2cccc(C)c2o1)C(C)S(C)(=O)=O. The first kappa shape index (κ1) is 16.0. The summed E-state index contributed by atoms with van der Waals surface area (Å²) in [7, 11) is -3.15. The third-order valence-electron chi connectivity index (χ3n) is 3.83. The molecule has 4 nitrogen and oxygen atoms in total. The summed E-state index contributed by atoms with van der Waals surface area (Å²) in [5, 5.41) is 3.77. The van der Waals surface area contributed by atoms with Crippen LogP contribution in [0.5, 0.6) is 0 Å². The molecule has 1 aromatic carbocycles. The maximum Gasteiger partial charge on any atom is 0.152 e. The lowest BCUT2D eigenvalue weighted by molar-refractivity contribution is 0.417. The monoisotopic (exact) mass is 309 g/mol. The molecule has 2 rings (SSSR count). The predicted octanol–water partition coefficient (Wildman–Crippen LogP) is 3.22. The zero-order valence-corrected chi connectivity index (χ0v) is 13.8. The Balaban J connectivity index is 2.45. The minimum atomic E-state index is -3.15. The van der Waals surface area contributed by atoms with E-state index in [0.29, 0.717) is 5.76 Å². The summed E-state index contributed by atoms with van der Waals surface area (Å²) in [4.78, 5) is 0. The second-order valence-electron chi connectivity index (χ2n) is 5.61. The van der Waals surface area contributed by atoms with Crippen molar-refractivity contribution in [2.75, 3.05) is 12.8 Å². The fourth-order valence-electron chi connectivity index (χ4n) is 2.43. The molecular formula is C16H23NO3S. The van der Waals surface area contributed by atoms with E-state index in [1.54, 1.807) is 6.92 Å². The molecule has 1 N–H and O–H groups in total. The van der Waals surface area contributed by atoms with Crippen molar-refractivity contribution in [1.29, 1.82) is 0 Å². The average Bonchev–Trinajstić information content (AvgIpc) is 2.83.